The Morgan fingerprint density at radius 2 is 1.64 bits per heavy atom. The van der Waals surface area contributed by atoms with Gasteiger partial charge in [0.25, 0.3) is 0 Å². The van der Waals surface area contributed by atoms with Crippen LogP contribution in [0.2, 0.25) is 0 Å². The molecule has 0 bridgehead atoms. The van der Waals surface area contributed by atoms with E-state index in [9.17, 15) is 0 Å². The highest BCUT2D eigenvalue weighted by atomic mass is 14.9. The molecule has 0 radical (unpaired) electrons. The first-order chi connectivity index (χ1) is 16.3. The summed E-state index contributed by atoms with van der Waals surface area (Å²) in [7, 11) is 0. The number of hydrogen-bond donors (Lipinski definition) is 2. The average molecular weight is 431 g/mol. The van der Waals surface area contributed by atoms with Crippen molar-refractivity contribution in [2.45, 2.75) is 37.6 Å². The second kappa shape index (κ2) is 8.88. The van der Waals surface area contributed by atoms with Crippen molar-refractivity contribution in [3.05, 3.63) is 119 Å². The van der Waals surface area contributed by atoms with Gasteiger partial charge in [-0.05, 0) is 71.3 Å². The maximum atomic E-state index is 3.96. The number of hydrogen-bond acceptors (Lipinski definition) is 1. The lowest BCUT2D eigenvalue weighted by molar-refractivity contribution is 0.387. The van der Waals surface area contributed by atoms with Crippen LogP contribution in [0.1, 0.15) is 34.6 Å². The van der Waals surface area contributed by atoms with Crippen LogP contribution in [0.25, 0.3) is 21.7 Å². The van der Waals surface area contributed by atoms with Gasteiger partial charge in [0.1, 0.15) is 0 Å². The third kappa shape index (κ3) is 4.07. The van der Waals surface area contributed by atoms with Crippen LogP contribution in [-0.2, 0) is 19.3 Å². The molecule has 5 aromatic rings. The molecule has 1 aliphatic carbocycles. The molecule has 0 unspecified atom stereocenters. The van der Waals surface area contributed by atoms with E-state index < -0.39 is 0 Å². The van der Waals surface area contributed by atoms with E-state index in [2.05, 4.69) is 107 Å². The first-order valence-electron chi connectivity index (χ1n) is 12.2. The number of para-hydroxylation sites is 1. The SMILES string of the molecule is c1ccc2c(c1)CC[C@H](NCCc1c[nH]c3ccccc13)[C@H]2Cc1ccc2ccccc2c1. The first kappa shape index (κ1) is 20.3. The zero-order valence-electron chi connectivity index (χ0n) is 18.9. The molecular formula is C31H30N2. The van der Waals surface area contributed by atoms with Crippen molar-refractivity contribution in [1.29, 1.82) is 0 Å². The van der Waals surface area contributed by atoms with Gasteiger partial charge in [-0.15, -0.1) is 0 Å². The van der Waals surface area contributed by atoms with Gasteiger partial charge in [-0.1, -0.05) is 84.9 Å². The second-order valence-corrected chi connectivity index (χ2v) is 9.40. The molecule has 164 valence electrons. The molecule has 0 amide bonds. The summed E-state index contributed by atoms with van der Waals surface area (Å²) in [6, 6.07) is 33.8. The average Bonchev–Trinajstić information content (AvgIpc) is 3.28. The van der Waals surface area contributed by atoms with Gasteiger partial charge >= 0.3 is 0 Å². The molecule has 2 nitrogen and oxygen atoms in total. The van der Waals surface area contributed by atoms with Crippen molar-refractivity contribution in [3.8, 4) is 0 Å². The molecule has 1 aliphatic rings. The molecular weight excluding hydrogens is 400 g/mol. The van der Waals surface area contributed by atoms with Crippen molar-refractivity contribution in [2.24, 2.45) is 0 Å². The standard InChI is InChI=1S/C31H30N2/c1-2-9-25-19-22(13-14-23(25)7-1)20-29-27-10-4-3-8-24(27)15-16-31(29)32-18-17-26-21-33-30-12-6-5-11-28(26)30/h1-14,19,21,29,31-33H,15-18,20H2/t29-,31-/m0/s1. The van der Waals surface area contributed by atoms with E-state index in [1.54, 1.807) is 0 Å². The van der Waals surface area contributed by atoms with Gasteiger partial charge in [-0.3, -0.25) is 0 Å². The van der Waals surface area contributed by atoms with Gasteiger partial charge in [0, 0.05) is 29.1 Å². The van der Waals surface area contributed by atoms with Gasteiger partial charge in [0.05, 0.1) is 0 Å². The van der Waals surface area contributed by atoms with Crippen molar-refractivity contribution in [1.82, 2.24) is 10.3 Å². The Kier molecular flexibility index (Phi) is 5.45. The lowest BCUT2D eigenvalue weighted by Crippen LogP contribution is -2.40. The Morgan fingerprint density at radius 3 is 2.61 bits per heavy atom. The lowest BCUT2D eigenvalue weighted by Gasteiger charge is -2.35. The molecule has 6 rings (SSSR count). The molecule has 2 N–H and O–H groups in total. The second-order valence-electron chi connectivity index (χ2n) is 9.40. The van der Waals surface area contributed by atoms with E-state index in [-0.39, 0.29) is 0 Å². The van der Waals surface area contributed by atoms with E-state index in [1.807, 2.05) is 0 Å². The summed E-state index contributed by atoms with van der Waals surface area (Å²) in [6.45, 7) is 1.00. The zero-order chi connectivity index (χ0) is 22.0. The third-order valence-electron chi connectivity index (χ3n) is 7.41. The van der Waals surface area contributed by atoms with Crippen LogP contribution in [0.15, 0.2) is 97.2 Å². The molecule has 0 fully saturated rings. The molecule has 2 atom stereocenters. The Hall–Kier alpha value is -3.36. The topological polar surface area (TPSA) is 27.8 Å². The highest BCUT2D eigenvalue weighted by Crippen LogP contribution is 2.35. The minimum atomic E-state index is 0.497. The summed E-state index contributed by atoms with van der Waals surface area (Å²) in [5, 5.41) is 7.96. The summed E-state index contributed by atoms with van der Waals surface area (Å²) < 4.78 is 0. The molecule has 1 aromatic heterocycles. The Bertz CT molecular complexity index is 1400. The van der Waals surface area contributed by atoms with Gasteiger partial charge in [0.15, 0.2) is 0 Å². The molecule has 4 aromatic carbocycles. The van der Waals surface area contributed by atoms with E-state index in [0.717, 1.165) is 25.8 Å². The monoisotopic (exact) mass is 430 g/mol. The minimum Gasteiger partial charge on any atom is -0.361 e. The van der Waals surface area contributed by atoms with Gasteiger partial charge in [0.2, 0.25) is 0 Å². The number of aromatic nitrogens is 1. The third-order valence-corrected chi connectivity index (χ3v) is 7.41. The normalized spacial score (nSPS) is 17.9. The zero-order valence-corrected chi connectivity index (χ0v) is 18.9. The number of aryl methyl sites for hydroxylation is 1. The number of aromatic amines is 1. The summed E-state index contributed by atoms with van der Waals surface area (Å²) in [4.78, 5) is 3.42. The fraction of sp³-hybridized carbons (Fsp3) is 0.226. The summed E-state index contributed by atoms with van der Waals surface area (Å²) >= 11 is 0. The summed E-state index contributed by atoms with van der Waals surface area (Å²) in [5.74, 6) is 0.499. The quantitative estimate of drug-likeness (QED) is 0.305. The molecule has 2 heteroatoms. The van der Waals surface area contributed by atoms with Crippen molar-refractivity contribution >= 4 is 21.7 Å². The fourth-order valence-electron chi connectivity index (χ4n) is 5.70. The number of H-pyrrole nitrogens is 1. The Morgan fingerprint density at radius 1 is 0.818 bits per heavy atom. The fourth-order valence-corrected chi connectivity index (χ4v) is 5.70. The van der Waals surface area contributed by atoms with Crippen LogP contribution in [-0.4, -0.2) is 17.6 Å². The highest BCUT2D eigenvalue weighted by Gasteiger charge is 2.29. The lowest BCUT2D eigenvalue weighted by atomic mass is 9.76. The smallest absolute Gasteiger partial charge is 0.0456 e. The van der Waals surface area contributed by atoms with E-state index in [0.29, 0.717) is 12.0 Å². The molecule has 33 heavy (non-hydrogen) atoms. The van der Waals surface area contributed by atoms with Crippen LogP contribution in [0.3, 0.4) is 0 Å². The Labute approximate surface area is 195 Å². The van der Waals surface area contributed by atoms with Crippen LogP contribution in [0, 0.1) is 0 Å². The van der Waals surface area contributed by atoms with Crippen molar-refractivity contribution in [3.63, 3.8) is 0 Å². The predicted octanol–water partition coefficient (Wildman–Crippen LogP) is 6.79. The number of rotatable bonds is 6. The van der Waals surface area contributed by atoms with Crippen molar-refractivity contribution in [2.75, 3.05) is 6.54 Å². The Balaban J connectivity index is 1.23. The van der Waals surface area contributed by atoms with E-state index in [1.165, 1.54) is 50.4 Å². The maximum absolute atomic E-state index is 3.96. The minimum absolute atomic E-state index is 0.497. The van der Waals surface area contributed by atoms with Crippen LogP contribution in [0.5, 0.6) is 0 Å². The number of nitrogens with one attached hydrogen (secondary N) is 2. The van der Waals surface area contributed by atoms with Gasteiger partial charge in [-0.25, -0.2) is 0 Å². The summed E-state index contributed by atoms with van der Waals surface area (Å²) in [5.41, 5.74) is 7.12. The highest BCUT2D eigenvalue weighted by molar-refractivity contribution is 5.83. The van der Waals surface area contributed by atoms with Gasteiger partial charge < -0.3 is 10.3 Å². The first-order valence-corrected chi connectivity index (χ1v) is 12.2. The van der Waals surface area contributed by atoms with Crippen LogP contribution < -0.4 is 5.32 Å². The van der Waals surface area contributed by atoms with E-state index in [4.69, 9.17) is 0 Å². The molecule has 0 saturated carbocycles. The summed E-state index contributed by atoms with van der Waals surface area (Å²) in [6.07, 6.45) is 6.66. The molecule has 0 saturated heterocycles. The number of fused-ring (bicyclic) bond motifs is 3. The van der Waals surface area contributed by atoms with Gasteiger partial charge in [-0.2, -0.15) is 0 Å². The largest absolute Gasteiger partial charge is 0.361 e. The van der Waals surface area contributed by atoms with Crippen molar-refractivity contribution < 1.29 is 0 Å². The molecule has 1 heterocycles. The van der Waals surface area contributed by atoms with E-state index >= 15 is 0 Å². The molecule has 0 spiro atoms. The maximum Gasteiger partial charge on any atom is 0.0456 e. The van der Waals surface area contributed by atoms with Crippen LogP contribution in [0.4, 0.5) is 0 Å². The predicted molar refractivity (Wildman–Crippen MR) is 139 cm³/mol. The number of benzene rings is 4. The molecule has 0 aliphatic heterocycles. The van der Waals surface area contributed by atoms with Crippen LogP contribution >= 0.6 is 0 Å².